The van der Waals surface area contributed by atoms with Crippen LogP contribution in [0.4, 0.5) is 0 Å². The van der Waals surface area contributed by atoms with E-state index in [1.54, 1.807) is 0 Å². The second-order valence-corrected chi connectivity index (χ2v) is 5.50. The van der Waals surface area contributed by atoms with Gasteiger partial charge in [-0.2, -0.15) is 0 Å². The van der Waals surface area contributed by atoms with E-state index < -0.39 is 0 Å². The molecule has 0 amide bonds. The van der Waals surface area contributed by atoms with Gasteiger partial charge < -0.3 is 5.73 Å². The van der Waals surface area contributed by atoms with E-state index in [4.69, 9.17) is 5.73 Å². The number of rotatable bonds is 4. The van der Waals surface area contributed by atoms with Crippen LogP contribution in [0, 0.1) is 0 Å². The highest BCUT2D eigenvalue weighted by molar-refractivity contribution is 5.30. The zero-order chi connectivity index (χ0) is 12.3. The van der Waals surface area contributed by atoms with Gasteiger partial charge >= 0.3 is 0 Å². The van der Waals surface area contributed by atoms with Gasteiger partial charge in [-0.3, -0.25) is 0 Å². The van der Waals surface area contributed by atoms with Gasteiger partial charge in [-0.1, -0.05) is 51.0 Å². The maximum Gasteiger partial charge on any atom is 0.0409 e. The molecule has 1 saturated carbocycles. The van der Waals surface area contributed by atoms with E-state index in [1.807, 2.05) is 0 Å². The number of hydrogen-bond donors (Lipinski definition) is 1. The van der Waals surface area contributed by atoms with Gasteiger partial charge in [-0.25, -0.2) is 0 Å². The van der Waals surface area contributed by atoms with Crippen LogP contribution in [0.3, 0.4) is 0 Å². The minimum atomic E-state index is -0.0353. The largest absolute Gasteiger partial charge is 0.321 e. The Labute approximate surface area is 105 Å². The first kappa shape index (κ1) is 12.6. The Morgan fingerprint density at radius 2 is 1.59 bits per heavy atom. The molecule has 0 unspecified atom stereocenters. The highest BCUT2D eigenvalue weighted by Gasteiger charge is 2.30. The molecule has 1 aliphatic carbocycles. The molecule has 1 heteroatoms. The summed E-state index contributed by atoms with van der Waals surface area (Å²) < 4.78 is 0. The molecule has 0 saturated heterocycles. The van der Waals surface area contributed by atoms with Gasteiger partial charge in [-0.15, -0.1) is 0 Å². The van der Waals surface area contributed by atoms with Gasteiger partial charge in [0.25, 0.3) is 0 Å². The molecule has 1 fully saturated rings. The van der Waals surface area contributed by atoms with E-state index >= 15 is 0 Å². The summed E-state index contributed by atoms with van der Waals surface area (Å²) in [5.74, 6) is 0.710. The van der Waals surface area contributed by atoms with E-state index in [2.05, 4.69) is 38.1 Å². The molecular weight excluding hydrogens is 206 g/mol. The third-order valence-corrected chi connectivity index (χ3v) is 4.44. The summed E-state index contributed by atoms with van der Waals surface area (Å²) in [6.45, 7) is 4.53. The number of nitrogens with two attached hydrogens (primary N) is 1. The van der Waals surface area contributed by atoms with Crippen molar-refractivity contribution in [3.63, 3.8) is 0 Å². The van der Waals surface area contributed by atoms with Crippen molar-refractivity contribution < 1.29 is 0 Å². The lowest BCUT2D eigenvalue weighted by molar-refractivity contribution is 0.461. The Hall–Kier alpha value is -0.820. The van der Waals surface area contributed by atoms with Gasteiger partial charge in [-0.05, 0) is 42.7 Å². The molecule has 0 atom stereocenters. The van der Waals surface area contributed by atoms with Crippen LogP contribution in [-0.2, 0) is 5.54 Å². The maximum atomic E-state index is 6.47. The van der Waals surface area contributed by atoms with E-state index in [0.717, 1.165) is 12.8 Å². The summed E-state index contributed by atoms with van der Waals surface area (Å²) in [4.78, 5) is 0. The zero-order valence-corrected chi connectivity index (χ0v) is 11.2. The maximum absolute atomic E-state index is 6.47. The first-order chi connectivity index (χ1) is 8.19. The van der Waals surface area contributed by atoms with Gasteiger partial charge in [0.05, 0.1) is 0 Å². The minimum Gasteiger partial charge on any atom is -0.321 e. The Kier molecular flexibility index (Phi) is 3.88. The Balaban J connectivity index is 2.17. The molecule has 2 N–H and O–H groups in total. The molecule has 2 rings (SSSR count). The average Bonchev–Trinajstić information content (AvgIpc) is 2.80. The van der Waals surface area contributed by atoms with Gasteiger partial charge in [0.1, 0.15) is 0 Å². The lowest BCUT2D eigenvalue weighted by Crippen LogP contribution is -2.32. The quantitative estimate of drug-likeness (QED) is 0.820. The van der Waals surface area contributed by atoms with E-state index in [0.29, 0.717) is 5.92 Å². The molecule has 0 radical (unpaired) electrons. The fraction of sp³-hybridized carbons (Fsp3) is 0.625. The monoisotopic (exact) mass is 231 g/mol. The first-order valence-electron chi connectivity index (χ1n) is 7.09. The Bertz CT molecular complexity index is 342. The SMILES string of the molecule is CCC(CC)c1ccc(C2(N)CCCC2)cc1. The van der Waals surface area contributed by atoms with Crippen LogP contribution in [-0.4, -0.2) is 0 Å². The van der Waals surface area contributed by atoms with Crippen molar-refractivity contribution in [3.8, 4) is 0 Å². The zero-order valence-electron chi connectivity index (χ0n) is 11.2. The molecule has 1 nitrogen and oxygen atoms in total. The molecule has 17 heavy (non-hydrogen) atoms. The number of hydrogen-bond acceptors (Lipinski definition) is 1. The van der Waals surface area contributed by atoms with Crippen LogP contribution in [0.1, 0.15) is 69.4 Å². The Morgan fingerprint density at radius 1 is 1.06 bits per heavy atom. The second-order valence-electron chi connectivity index (χ2n) is 5.50. The molecule has 1 aromatic carbocycles. The van der Waals surface area contributed by atoms with E-state index in [-0.39, 0.29) is 5.54 Å². The third kappa shape index (κ3) is 2.55. The molecule has 0 aromatic heterocycles. The molecule has 1 aromatic rings. The van der Waals surface area contributed by atoms with Crippen molar-refractivity contribution in [1.82, 2.24) is 0 Å². The highest BCUT2D eigenvalue weighted by atomic mass is 14.8. The summed E-state index contributed by atoms with van der Waals surface area (Å²) in [6, 6.07) is 9.11. The topological polar surface area (TPSA) is 26.0 Å². The van der Waals surface area contributed by atoms with E-state index in [1.165, 1.54) is 36.8 Å². The molecular formula is C16H25N. The number of benzene rings is 1. The second kappa shape index (κ2) is 5.22. The van der Waals surface area contributed by atoms with Crippen LogP contribution < -0.4 is 5.73 Å². The van der Waals surface area contributed by atoms with Crippen LogP contribution in [0.2, 0.25) is 0 Å². The van der Waals surface area contributed by atoms with Crippen LogP contribution in [0.5, 0.6) is 0 Å². The molecule has 0 aliphatic heterocycles. The molecule has 0 spiro atoms. The van der Waals surface area contributed by atoms with Crippen molar-refractivity contribution in [2.45, 2.75) is 63.8 Å². The van der Waals surface area contributed by atoms with Crippen LogP contribution in [0.15, 0.2) is 24.3 Å². The van der Waals surface area contributed by atoms with Crippen LogP contribution >= 0.6 is 0 Å². The standard InChI is InChI=1S/C16H25N/c1-3-13(4-2)14-7-9-15(10-8-14)16(17)11-5-6-12-16/h7-10,13H,3-6,11-12,17H2,1-2H3. The lowest BCUT2D eigenvalue weighted by Gasteiger charge is -2.25. The normalized spacial score (nSPS) is 18.8. The van der Waals surface area contributed by atoms with Gasteiger partial charge in [0.15, 0.2) is 0 Å². The summed E-state index contributed by atoms with van der Waals surface area (Å²) >= 11 is 0. The predicted molar refractivity (Wildman–Crippen MR) is 74.1 cm³/mol. The first-order valence-corrected chi connectivity index (χ1v) is 7.09. The fourth-order valence-corrected chi connectivity index (χ4v) is 3.14. The van der Waals surface area contributed by atoms with Crippen molar-refractivity contribution >= 4 is 0 Å². The van der Waals surface area contributed by atoms with Crippen LogP contribution in [0.25, 0.3) is 0 Å². The van der Waals surface area contributed by atoms with Crippen molar-refractivity contribution in [3.05, 3.63) is 35.4 Å². The third-order valence-electron chi connectivity index (χ3n) is 4.44. The smallest absolute Gasteiger partial charge is 0.0409 e. The molecule has 0 bridgehead atoms. The molecule has 0 heterocycles. The predicted octanol–water partition coefficient (Wildman–Crippen LogP) is 4.32. The Morgan fingerprint density at radius 3 is 2.06 bits per heavy atom. The lowest BCUT2D eigenvalue weighted by atomic mass is 9.86. The molecule has 1 aliphatic rings. The molecule has 94 valence electrons. The van der Waals surface area contributed by atoms with E-state index in [9.17, 15) is 0 Å². The summed E-state index contributed by atoms with van der Waals surface area (Å²) in [6.07, 6.45) is 7.32. The minimum absolute atomic E-state index is 0.0353. The average molecular weight is 231 g/mol. The van der Waals surface area contributed by atoms with Gasteiger partial charge in [0.2, 0.25) is 0 Å². The van der Waals surface area contributed by atoms with Crippen molar-refractivity contribution in [2.75, 3.05) is 0 Å². The van der Waals surface area contributed by atoms with Gasteiger partial charge in [0, 0.05) is 5.54 Å². The van der Waals surface area contributed by atoms with Crippen molar-refractivity contribution in [2.24, 2.45) is 5.73 Å². The highest BCUT2D eigenvalue weighted by Crippen LogP contribution is 2.36. The summed E-state index contributed by atoms with van der Waals surface area (Å²) in [5, 5.41) is 0. The fourth-order valence-electron chi connectivity index (χ4n) is 3.14. The summed E-state index contributed by atoms with van der Waals surface area (Å²) in [7, 11) is 0. The summed E-state index contributed by atoms with van der Waals surface area (Å²) in [5.41, 5.74) is 9.25. The van der Waals surface area contributed by atoms with Crippen molar-refractivity contribution in [1.29, 1.82) is 0 Å².